The van der Waals surface area contributed by atoms with Crippen molar-refractivity contribution in [1.29, 1.82) is 0 Å². The van der Waals surface area contributed by atoms with Crippen LogP contribution in [-0.4, -0.2) is 19.5 Å². The van der Waals surface area contributed by atoms with Crippen LogP contribution in [0.4, 0.5) is 0 Å². The second kappa shape index (κ2) is 5.31. The van der Waals surface area contributed by atoms with Crippen molar-refractivity contribution >= 4 is 5.78 Å². The van der Waals surface area contributed by atoms with Crippen LogP contribution in [0.5, 0.6) is 0 Å². The maximum Gasteiger partial charge on any atom is 0.135 e. The SMILES string of the molecule is COCCC(=O)CC1CCCC1. The number of ether oxygens (including phenoxy) is 1. The standard InChI is InChI=1S/C10H18O2/c1-12-7-6-10(11)8-9-4-2-3-5-9/h9H,2-8H2,1H3. The molecule has 0 aromatic heterocycles. The van der Waals surface area contributed by atoms with Gasteiger partial charge in [-0.15, -0.1) is 0 Å². The summed E-state index contributed by atoms with van der Waals surface area (Å²) < 4.78 is 4.86. The van der Waals surface area contributed by atoms with Gasteiger partial charge in [0.15, 0.2) is 0 Å². The minimum absolute atomic E-state index is 0.378. The van der Waals surface area contributed by atoms with Gasteiger partial charge in [-0.05, 0) is 5.92 Å². The fourth-order valence-electron chi connectivity index (χ4n) is 1.85. The van der Waals surface area contributed by atoms with Gasteiger partial charge in [-0.25, -0.2) is 0 Å². The maximum absolute atomic E-state index is 11.3. The molecule has 70 valence electrons. The van der Waals surface area contributed by atoms with Gasteiger partial charge >= 0.3 is 0 Å². The van der Waals surface area contributed by atoms with Crippen LogP contribution >= 0.6 is 0 Å². The lowest BCUT2D eigenvalue weighted by Crippen LogP contribution is -2.07. The number of methoxy groups -OCH3 is 1. The molecule has 0 atom stereocenters. The molecule has 0 aromatic rings. The second-order valence-corrected chi connectivity index (χ2v) is 3.64. The molecule has 2 nitrogen and oxygen atoms in total. The summed E-state index contributed by atoms with van der Waals surface area (Å²) in [6, 6.07) is 0. The van der Waals surface area contributed by atoms with Crippen molar-refractivity contribution in [3.05, 3.63) is 0 Å². The highest BCUT2D eigenvalue weighted by Crippen LogP contribution is 2.27. The van der Waals surface area contributed by atoms with Crippen LogP contribution < -0.4 is 0 Å². The number of hydrogen-bond acceptors (Lipinski definition) is 2. The molecular weight excluding hydrogens is 152 g/mol. The number of Topliss-reactive ketones (excluding diaryl/α,β-unsaturated/α-hetero) is 1. The summed E-state index contributed by atoms with van der Waals surface area (Å²) in [6.07, 6.45) is 6.57. The summed E-state index contributed by atoms with van der Waals surface area (Å²) in [6.45, 7) is 0.589. The molecule has 0 heterocycles. The molecule has 2 heteroatoms. The molecule has 0 spiro atoms. The first kappa shape index (κ1) is 9.72. The molecule has 0 aliphatic heterocycles. The molecule has 0 N–H and O–H groups in total. The van der Waals surface area contributed by atoms with Crippen molar-refractivity contribution in [2.75, 3.05) is 13.7 Å². The molecule has 1 aliphatic carbocycles. The van der Waals surface area contributed by atoms with E-state index in [4.69, 9.17) is 4.74 Å². The van der Waals surface area contributed by atoms with Gasteiger partial charge in [0.2, 0.25) is 0 Å². The molecule has 1 fully saturated rings. The summed E-state index contributed by atoms with van der Waals surface area (Å²) in [5.74, 6) is 1.07. The summed E-state index contributed by atoms with van der Waals surface area (Å²) in [5, 5.41) is 0. The van der Waals surface area contributed by atoms with Crippen LogP contribution in [0.2, 0.25) is 0 Å². The van der Waals surface area contributed by atoms with Crippen molar-refractivity contribution in [2.45, 2.75) is 38.5 Å². The van der Waals surface area contributed by atoms with E-state index in [1.807, 2.05) is 0 Å². The Morgan fingerprint density at radius 2 is 2.08 bits per heavy atom. The van der Waals surface area contributed by atoms with Crippen LogP contribution in [0, 0.1) is 5.92 Å². The van der Waals surface area contributed by atoms with Gasteiger partial charge < -0.3 is 4.74 Å². The Labute approximate surface area is 74.3 Å². The molecule has 0 bridgehead atoms. The van der Waals surface area contributed by atoms with Crippen LogP contribution in [-0.2, 0) is 9.53 Å². The number of carbonyl (C=O) groups excluding carboxylic acids is 1. The topological polar surface area (TPSA) is 26.3 Å². The number of hydrogen-bond donors (Lipinski definition) is 0. The van der Waals surface area contributed by atoms with E-state index in [1.165, 1.54) is 25.7 Å². The van der Waals surface area contributed by atoms with Gasteiger partial charge in [-0.3, -0.25) is 4.79 Å². The van der Waals surface area contributed by atoms with E-state index in [9.17, 15) is 4.79 Å². The molecule has 0 aromatic carbocycles. The molecule has 0 saturated heterocycles. The van der Waals surface area contributed by atoms with E-state index in [0.717, 1.165) is 6.42 Å². The average Bonchev–Trinajstić information content (AvgIpc) is 2.53. The number of rotatable bonds is 5. The predicted octanol–water partition coefficient (Wildman–Crippen LogP) is 2.17. The third kappa shape index (κ3) is 3.35. The molecule has 0 radical (unpaired) electrons. The van der Waals surface area contributed by atoms with Gasteiger partial charge in [-0.1, -0.05) is 25.7 Å². The lowest BCUT2D eigenvalue weighted by molar-refractivity contribution is -0.120. The van der Waals surface area contributed by atoms with E-state index >= 15 is 0 Å². The fraction of sp³-hybridized carbons (Fsp3) is 0.900. The molecular formula is C10H18O2. The largest absolute Gasteiger partial charge is 0.384 e. The first-order valence-electron chi connectivity index (χ1n) is 4.83. The van der Waals surface area contributed by atoms with Gasteiger partial charge in [0.05, 0.1) is 6.61 Å². The lowest BCUT2D eigenvalue weighted by atomic mass is 10.00. The van der Waals surface area contributed by atoms with E-state index in [0.29, 0.717) is 24.7 Å². The Balaban J connectivity index is 2.08. The zero-order valence-corrected chi connectivity index (χ0v) is 7.84. The monoisotopic (exact) mass is 170 g/mol. The van der Waals surface area contributed by atoms with E-state index in [-0.39, 0.29) is 0 Å². The Kier molecular flexibility index (Phi) is 4.30. The zero-order valence-electron chi connectivity index (χ0n) is 7.84. The summed E-state index contributed by atoms with van der Waals surface area (Å²) in [5.41, 5.74) is 0. The Bertz CT molecular complexity index is 137. The van der Waals surface area contributed by atoms with Crippen molar-refractivity contribution in [3.8, 4) is 0 Å². The Morgan fingerprint density at radius 3 is 2.67 bits per heavy atom. The van der Waals surface area contributed by atoms with E-state index < -0.39 is 0 Å². The zero-order chi connectivity index (χ0) is 8.81. The number of ketones is 1. The predicted molar refractivity (Wildman–Crippen MR) is 48.1 cm³/mol. The summed E-state index contributed by atoms with van der Waals surface area (Å²) in [4.78, 5) is 11.3. The van der Waals surface area contributed by atoms with Crippen LogP contribution in [0.25, 0.3) is 0 Å². The summed E-state index contributed by atoms with van der Waals surface area (Å²) >= 11 is 0. The van der Waals surface area contributed by atoms with E-state index in [1.54, 1.807) is 7.11 Å². The van der Waals surface area contributed by atoms with E-state index in [2.05, 4.69) is 0 Å². The smallest absolute Gasteiger partial charge is 0.135 e. The quantitative estimate of drug-likeness (QED) is 0.632. The molecule has 1 saturated carbocycles. The third-order valence-corrected chi connectivity index (χ3v) is 2.58. The third-order valence-electron chi connectivity index (χ3n) is 2.58. The molecule has 1 rings (SSSR count). The molecule has 0 unspecified atom stereocenters. The highest BCUT2D eigenvalue weighted by Gasteiger charge is 2.17. The maximum atomic E-state index is 11.3. The van der Waals surface area contributed by atoms with Crippen molar-refractivity contribution in [3.63, 3.8) is 0 Å². The minimum Gasteiger partial charge on any atom is -0.384 e. The Morgan fingerprint density at radius 1 is 1.42 bits per heavy atom. The fourth-order valence-corrected chi connectivity index (χ4v) is 1.85. The molecule has 12 heavy (non-hydrogen) atoms. The normalized spacial score (nSPS) is 18.4. The van der Waals surface area contributed by atoms with Gasteiger partial charge in [-0.2, -0.15) is 0 Å². The lowest BCUT2D eigenvalue weighted by Gasteiger charge is -2.06. The Hall–Kier alpha value is -0.370. The highest BCUT2D eigenvalue weighted by molar-refractivity contribution is 5.78. The first-order chi connectivity index (χ1) is 5.83. The van der Waals surface area contributed by atoms with Crippen LogP contribution in [0.15, 0.2) is 0 Å². The second-order valence-electron chi connectivity index (χ2n) is 3.64. The summed E-state index contributed by atoms with van der Waals surface area (Å²) in [7, 11) is 1.64. The average molecular weight is 170 g/mol. The van der Waals surface area contributed by atoms with Gasteiger partial charge in [0, 0.05) is 20.0 Å². The van der Waals surface area contributed by atoms with Gasteiger partial charge in [0.25, 0.3) is 0 Å². The highest BCUT2D eigenvalue weighted by atomic mass is 16.5. The molecule has 0 amide bonds. The minimum atomic E-state index is 0.378. The van der Waals surface area contributed by atoms with Crippen molar-refractivity contribution < 1.29 is 9.53 Å². The number of carbonyl (C=O) groups is 1. The van der Waals surface area contributed by atoms with Crippen molar-refractivity contribution in [2.24, 2.45) is 5.92 Å². The van der Waals surface area contributed by atoms with Crippen LogP contribution in [0.1, 0.15) is 38.5 Å². The van der Waals surface area contributed by atoms with Crippen LogP contribution in [0.3, 0.4) is 0 Å². The molecule has 1 aliphatic rings. The first-order valence-corrected chi connectivity index (χ1v) is 4.83. The van der Waals surface area contributed by atoms with Gasteiger partial charge in [0.1, 0.15) is 5.78 Å². The van der Waals surface area contributed by atoms with Crippen molar-refractivity contribution in [1.82, 2.24) is 0 Å².